The number of nitrogens with zero attached hydrogens (tertiary/aromatic N) is 3. The van der Waals surface area contributed by atoms with Crippen molar-refractivity contribution in [1.29, 1.82) is 0 Å². The molecule has 4 N–H and O–H groups in total. The van der Waals surface area contributed by atoms with Gasteiger partial charge in [-0.25, -0.2) is 9.97 Å². The Morgan fingerprint density at radius 3 is 2.56 bits per heavy atom. The van der Waals surface area contributed by atoms with Gasteiger partial charge >= 0.3 is 0 Å². The third kappa shape index (κ3) is 6.73. The highest BCUT2D eigenvalue weighted by Gasteiger charge is 2.45. The van der Waals surface area contributed by atoms with Crippen LogP contribution in [0.5, 0.6) is 5.75 Å². The molecule has 4 amide bonds. The van der Waals surface area contributed by atoms with E-state index in [1.165, 1.54) is 6.33 Å². The number of carbonyl (C=O) groups excluding carboxylic acids is 4. The number of piperidine rings is 1. The Kier molecular flexibility index (Phi) is 9.41. The highest BCUT2D eigenvalue weighted by Crippen LogP contribution is 2.33. The standard InChI is InChI=1S/C36H32ClN7O6/c37-26-6-2-1-4-22(26)19-39-32-25-18-28(42-33(25)41-20-40-32)21-8-10-23(11-9-21)50-17-16-49-15-14-38-27-7-3-5-24-31(27)36(48)44(35(24)47)29-12-13-30(45)43-34(29)46/h1-11,18,20,29,38H,12-17,19H2,(H,43,45,46)(H2,39,40,41,42). The molecule has 14 heteroatoms. The van der Waals surface area contributed by atoms with Crippen LogP contribution in [-0.4, -0.2) is 75.9 Å². The van der Waals surface area contributed by atoms with Crippen LogP contribution in [0.25, 0.3) is 22.3 Å². The van der Waals surface area contributed by atoms with Gasteiger partial charge in [0.1, 0.15) is 36.2 Å². The van der Waals surface area contributed by atoms with Crippen molar-refractivity contribution in [1.82, 2.24) is 25.2 Å². The van der Waals surface area contributed by atoms with E-state index in [-0.39, 0.29) is 24.0 Å². The molecule has 2 aliphatic rings. The smallest absolute Gasteiger partial charge is 0.264 e. The zero-order chi connectivity index (χ0) is 34.6. The van der Waals surface area contributed by atoms with Gasteiger partial charge in [-0.2, -0.15) is 0 Å². The number of amides is 4. The van der Waals surface area contributed by atoms with Crippen molar-refractivity contribution < 1.29 is 28.7 Å². The first kappa shape index (κ1) is 32.7. The number of aromatic amines is 1. The molecule has 13 nitrogen and oxygen atoms in total. The molecule has 3 aromatic carbocycles. The van der Waals surface area contributed by atoms with E-state index in [1.807, 2.05) is 54.6 Å². The summed E-state index contributed by atoms with van der Waals surface area (Å²) >= 11 is 6.31. The molecular formula is C36H32ClN7O6. The number of hydrogen-bond acceptors (Lipinski definition) is 10. The highest BCUT2D eigenvalue weighted by atomic mass is 35.5. The first-order chi connectivity index (χ1) is 24.4. The number of H-pyrrole nitrogens is 1. The Bertz CT molecular complexity index is 2100. The number of imide groups is 2. The summed E-state index contributed by atoms with van der Waals surface area (Å²) in [5.41, 5.74) is 4.44. The molecule has 50 heavy (non-hydrogen) atoms. The van der Waals surface area contributed by atoms with E-state index in [4.69, 9.17) is 21.1 Å². The average molecular weight is 694 g/mol. The fraction of sp³-hybridized carbons (Fsp3) is 0.222. The predicted molar refractivity (Wildman–Crippen MR) is 186 cm³/mol. The molecule has 0 aliphatic carbocycles. The summed E-state index contributed by atoms with van der Waals surface area (Å²) in [4.78, 5) is 63.3. The number of benzene rings is 3. The lowest BCUT2D eigenvalue weighted by Crippen LogP contribution is -2.54. The van der Waals surface area contributed by atoms with Gasteiger partial charge in [0.25, 0.3) is 11.8 Å². The summed E-state index contributed by atoms with van der Waals surface area (Å²) in [7, 11) is 0. The molecule has 254 valence electrons. The van der Waals surface area contributed by atoms with Crippen molar-refractivity contribution in [3.63, 3.8) is 0 Å². The Labute approximate surface area is 291 Å². The molecule has 1 atom stereocenters. The normalized spacial score (nSPS) is 15.7. The number of aromatic nitrogens is 3. The van der Waals surface area contributed by atoms with Crippen molar-refractivity contribution in [3.05, 3.63) is 101 Å². The van der Waals surface area contributed by atoms with E-state index in [0.717, 1.165) is 32.8 Å². The molecule has 0 saturated carbocycles. The molecule has 4 heterocycles. The van der Waals surface area contributed by atoms with E-state index in [0.29, 0.717) is 55.2 Å². The minimum Gasteiger partial charge on any atom is -0.491 e. The first-order valence-electron chi connectivity index (χ1n) is 16.1. The number of anilines is 2. The molecule has 2 aromatic heterocycles. The predicted octanol–water partition coefficient (Wildman–Crippen LogP) is 4.80. The average Bonchev–Trinajstić information content (AvgIpc) is 3.67. The maximum atomic E-state index is 13.2. The summed E-state index contributed by atoms with van der Waals surface area (Å²) in [5.74, 6) is -0.771. The van der Waals surface area contributed by atoms with Gasteiger partial charge in [0, 0.05) is 35.9 Å². The van der Waals surface area contributed by atoms with E-state index in [9.17, 15) is 19.2 Å². The molecule has 1 saturated heterocycles. The molecule has 7 rings (SSSR count). The monoisotopic (exact) mass is 693 g/mol. The van der Waals surface area contributed by atoms with E-state index < -0.39 is 29.7 Å². The maximum absolute atomic E-state index is 13.2. The second-order valence-corrected chi connectivity index (χ2v) is 12.1. The topological polar surface area (TPSA) is 168 Å². The van der Waals surface area contributed by atoms with Gasteiger partial charge in [0.05, 0.1) is 29.7 Å². The Morgan fingerprint density at radius 2 is 1.74 bits per heavy atom. The van der Waals surface area contributed by atoms with Crippen molar-refractivity contribution in [2.75, 3.05) is 37.0 Å². The number of fused-ring (bicyclic) bond motifs is 2. The maximum Gasteiger partial charge on any atom is 0.264 e. The summed E-state index contributed by atoms with van der Waals surface area (Å²) < 4.78 is 11.6. The van der Waals surface area contributed by atoms with Crippen molar-refractivity contribution >= 4 is 57.8 Å². The van der Waals surface area contributed by atoms with Crippen LogP contribution in [0.1, 0.15) is 39.1 Å². The molecule has 0 radical (unpaired) electrons. The van der Waals surface area contributed by atoms with Crippen molar-refractivity contribution in [3.8, 4) is 17.0 Å². The van der Waals surface area contributed by atoms with Gasteiger partial charge in [-0.3, -0.25) is 29.4 Å². The zero-order valence-electron chi connectivity index (χ0n) is 26.7. The van der Waals surface area contributed by atoms with Gasteiger partial charge in [-0.1, -0.05) is 35.9 Å². The van der Waals surface area contributed by atoms with Gasteiger partial charge in [-0.15, -0.1) is 0 Å². The van der Waals surface area contributed by atoms with Gasteiger partial charge in [-0.05, 0) is 66.1 Å². The second kappa shape index (κ2) is 14.4. The summed E-state index contributed by atoms with van der Waals surface area (Å²) in [5, 5.41) is 10.3. The number of rotatable bonds is 13. The van der Waals surface area contributed by atoms with Crippen LogP contribution in [0.4, 0.5) is 11.5 Å². The fourth-order valence-corrected chi connectivity index (χ4v) is 6.23. The minimum atomic E-state index is -1.02. The van der Waals surface area contributed by atoms with Crippen LogP contribution >= 0.6 is 11.6 Å². The molecule has 0 bridgehead atoms. The Balaban J connectivity index is 0.873. The number of carbonyl (C=O) groups is 4. The van der Waals surface area contributed by atoms with Crippen LogP contribution < -0.4 is 20.7 Å². The summed E-state index contributed by atoms with van der Waals surface area (Å²) in [6.07, 6.45) is 1.68. The fourth-order valence-electron chi connectivity index (χ4n) is 6.03. The lowest BCUT2D eigenvalue weighted by atomic mass is 10.0. The molecule has 0 spiro atoms. The number of hydrogen-bond donors (Lipinski definition) is 4. The zero-order valence-corrected chi connectivity index (χ0v) is 27.5. The van der Waals surface area contributed by atoms with Crippen LogP contribution in [-0.2, 0) is 20.9 Å². The van der Waals surface area contributed by atoms with Crippen LogP contribution in [0, 0.1) is 0 Å². The highest BCUT2D eigenvalue weighted by molar-refractivity contribution is 6.31. The molecule has 5 aromatic rings. The van der Waals surface area contributed by atoms with Crippen LogP contribution in [0.3, 0.4) is 0 Å². The number of halogens is 1. The number of ether oxygens (including phenoxy) is 2. The van der Waals surface area contributed by atoms with E-state index >= 15 is 0 Å². The summed E-state index contributed by atoms with van der Waals surface area (Å²) in [6.45, 7) is 1.89. The Hall–Kier alpha value is -5.79. The van der Waals surface area contributed by atoms with Crippen molar-refractivity contribution in [2.45, 2.75) is 25.4 Å². The first-order valence-corrected chi connectivity index (χ1v) is 16.5. The third-order valence-corrected chi connectivity index (χ3v) is 8.89. The molecule has 2 aliphatic heterocycles. The lowest BCUT2D eigenvalue weighted by Gasteiger charge is -2.27. The summed E-state index contributed by atoms with van der Waals surface area (Å²) in [6, 6.07) is 21.3. The van der Waals surface area contributed by atoms with Gasteiger partial charge < -0.3 is 25.1 Å². The van der Waals surface area contributed by atoms with Crippen LogP contribution in [0.2, 0.25) is 5.02 Å². The molecule has 1 fully saturated rings. The SMILES string of the molecule is O=C1CCC(N2C(=O)c3cccc(NCCOCCOc4ccc(-c5cc6c(NCc7ccccc7Cl)ncnc6[nH]5)cc4)c3C2=O)C(=O)N1. The van der Waals surface area contributed by atoms with Gasteiger partial charge in [0.15, 0.2) is 0 Å². The second-order valence-electron chi connectivity index (χ2n) is 11.7. The van der Waals surface area contributed by atoms with Gasteiger partial charge in [0.2, 0.25) is 11.8 Å². The third-order valence-electron chi connectivity index (χ3n) is 8.52. The Morgan fingerprint density at radius 1 is 0.900 bits per heavy atom. The quantitative estimate of drug-likeness (QED) is 0.0994. The number of nitrogens with one attached hydrogen (secondary N) is 4. The lowest BCUT2D eigenvalue weighted by molar-refractivity contribution is -0.136. The minimum absolute atomic E-state index is 0.0637. The molecular weight excluding hydrogens is 662 g/mol. The van der Waals surface area contributed by atoms with E-state index in [1.54, 1.807) is 18.2 Å². The van der Waals surface area contributed by atoms with E-state index in [2.05, 4.69) is 30.9 Å². The van der Waals surface area contributed by atoms with Crippen molar-refractivity contribution in [2.24, 2.45) is 0 Å². The molecule has 1 unspecified atom stereocenters. The largest absolute Gasteiger partial charge is 0.491 e. The van der Waals surface area contributed by atoms with Crippen LogP contribution in [0.15, 0.2) is 79.1 Å².